The van der Waals surface area contributed by atoms with Crippen molar-refractivity contribution >= 4 is 5.91 Å². The Bertz CT molecular complexity index is 180. The van der Waals surface area contributed by atoms with Crippen LogP contribution >= 0.6 is 0 Å². The average Bonchev–Trinajstić information content (AvgIpc) is 2.87. The molecule has 1 rings (SSSR count). The number of carbonyl (C=O) groups excluding carboxylic acids is 1. The van der Waals surface area contributed by atoms with E-state index in [0.29, 0.717) is 19.0 Å². The Morgan fingerprint density at radius 1 is 1.62 bits per heavy atom. The lowest BCUT2D eigenvalue weighted by atomic mass is 10.1. The molecule has 0 aromatic carbocycles. The van der Waals surface area contributed by atoms with Gasteiger partial charge < -0.3 is 11.5 Å². The van der Waals surface area contributed by atoms with Gasteiger partial charge in [-0.2, -0.15) is 0 Å². The topological polar surface area (TPSA) is 72.3 Å². The highest BCUT2D eigenvalue weighted by Gasteiger charge is 2.32. The summed E-state index contributed by atoms with van der Waals surface area (Å²) < 4.78 is 0. The van der Waals surface area contributed by atoms with Crippen molar-refractivity contribution in [1.82, 2.24) is 4.90 Å². The van der Waals surface area contributed by atoms with Crippen molar-refractivity contribution in [3.05, 3.63) is 0 Å². The predicted molar refractivity (Wildman–Crippen MR) is 52.1 cm³/mol. The Labute approximate surface area is 79.3 Å². The molecule has 0 bridgehead atoms. The number of nitrogens with two attached hydrogens (primary N) is 2. The van der Waals surface area contributed by atoms with E-state index in [9.17, 15) is 4.79 Å². The van der Waals surface area contributed by atoms with E-state index < -0.39 is 0 Å². The molecule has 76 valence electrons. The molecule has 13 heavy (non-hydrogen) atoms. The van der Waals surface area contributed by atoms with Crippen molar-refractivity contribution in [1.29, 1.82) is 0 Å². The standard InChI is InChI=1S/C9H19N3O/c1-2-12(7-3-4-7)8(6-10)5-9(11)13/h7-8H,2-6,10H2,1H3,(H2,11,13). The van der Waals surface area contributed by atoms with Crippen LogP contribution in [0.15, 0.2) is 0 Å². The second-order valence-electron chi connectivity index (χ2n) is 3.62. The Morgan fingerprint density at radius 3 is 2.54 bits per heavy atom. The van der Waals surface area contributed by atoms with Crippen molar-refractivity contribution in [2.24, 2.45) is 11.5 Å². The van der Waals surface area contributed by atoms with E-state index >= 15 is 0 Å². The summed E-state index contributed by atoms with van der Waals surface area (Å²) in [6, 6.07) is 0.799. The summed E-state index contributed by atoms with van der Waals surface area (Å²) in [5.74, 6) is -0.255. The maximum atomic E-state index is 10.8. The Hall–Kier alpha value is -0.610. The summed E-state index contributed by atoms with van der Waals surface area (Å²) in [4.78, 5) is 13.1. The highest BCUT2D eigenvalue weighted by molar-refractivity contribution is 5.74. The zero-order valence-corrected chi connectivity index (χ0v) is 8.20. The van der Waals surface area contributed by atoms with Gasteiger partial charge in [0.25, 0.3) is 0 Å². The fourth-order valence-corrected chi connectivity index (χ4v) is 1.79. The van der Waals surface area contributed by atoms with Crippen LogP contribution in [0.2, 0.25) is 0 Å². The molecule has 0 radical (unpaired) electrons. The minimum atomic E-state index is -0.255. The monoisotopic (exact) mass is 185 g/mol. The predicted octanol–water partition coefficient (Wildman–Crippen LogP) is -0.327. The second-order valence-corrected chi connectivity index (χ2v) is 3.62. The van der Waals surface area contributed by atoms with Crippen LogP contribution in [0.5, 0.6) is 0 Å². The quantitative estimate of drug-likeness (QED) is 0.595. The lowest BCUT2D eigenvalue weighted by Gasteiger charge is -2.28. The third-order valence-electron chi connectivity index (χ3n) is 2.56. The Morgan fingerprint density at radius 2 is 2.23 bits per heavy atom. The number of primary amides is 1. The van der Waals surface area contributed by atoms with Crippen LogP contribution in [0.3, 0.4) is 0 Å². The molecule has 1 amide bonds. The van der Waals surface area contributed by atoms with Gasteiger partial charge in [0.05, 0.1) is 0 Å². The second kappa shape index (κ2) is 4.58. The molecule has 4 N–H and O–H groups in total. The molecule has 1 fully saturated rings. The van der Waals surface area contributed by atoms with E-state index in [1.807, 2.05) is 0 Å². The van der Waals surface area contributed by atoms with Gasteiger partial charge in [-0.3, -0.25) is 9.69 Å². The van der Waals surface area contributed by atoms with Crippen LogP contribution in [0.1, 0.15) is 26.2 Å². The third kappa shape index (κ3) is 2.97. The number of nitrogens with zero attached hydrogens (tertiary/aromatic N) is 1. The molecule has 0 saturated heterocycles. The van der Waals surface area contributed by atoms with Crippen molar-refractivity contribution < 1.29 is 4.79 Å². The fourth-order valence-electron chi connectivity index (χ4n) is 1.79. The van der Waals surface area contributed by atoms with Gasteiger partial charge >= 0.3 is 0 Å². The molecular formula is C9H19N3O. The SMILES string of the molecule is CCN(C1CC1)C(CN)CC(N)=O. The minimum Gasteiger partial charge on any atom is -0.370 e. The van der Waals surface area contributed by atoms with Gasteiger partial charge in [0, 0.05) is 25.0 Å². The summed E-state index contributed by atoms with van der Waals surface area (Å²) in [5.41, 5.74) is 10.8. The van der Waals surface area contributed by atoms with Crippen molar-refractivity contribution in [3.63, 3.8) is 0 Å². The molecule has 0 heterocycles. The highest BCUT2D eigenvalue weighted by Crippen LogP contribution is 2.28. The Balaban J connectivity index is 2.45. The molecular weight excluding hydrogens is 166 g/mol. The van der Waals surface area contributed by atoms with Gasteiger partial charge in [0.15, 0.2) is 0 Å². The molecule has 1 aliphatic rings. The van der Waals surface area contributed by atoms with Gasteiger partial charge in [0.1, 0.15) is 0 Å². The first-order valence-electron chi connectivity index (χ1n) is 4.93. The van der Waals surface area contributed by atoms with Crippen molar-refractivity contribution in [2.75, 3.05) is 13.1 Å². The van der Waals surface area contributed by atoms with E-state index in [1.165, 1.54) is 12.8 Å². The number of rotatable bonds is 6. The van der Waals surface area contributed by atoms with Crippen molar-refractivity contribution in [2.45, 2.75) is 38.3 Å². The Kier molecular flexibility index (Phi) is 3.69. The van der Waals surface area contributed by atoms with Crippen LogP contribution in [0.4, 0.5) is 0 Å². The summed E-state index contributed by atoms with van der Waals surface area (Å²) >= 11 is 0. The molecule has 0 aromatic heterocycles. The molecule has 1 saturated carbocycles. The van der Waals surface area contributed by atoms with Gasteiger partial charge in [-0.25, -0.2) is 0 Å². The van der Waals surface area contributed by atoms with Crippen LogP contribution in [0.25, 0.3) is 0 Å². The summed E-state index contributed by atoms with van der Waals surface area (Å²) in [6.45, 7) is 3.58. The van der Waals surface area contributed by atoms with Gasteiger partial charge in [-0.05, 0) is 19.4 Å². The molecule has 1 aliphatic carbocycles. The lowest BCUT2D eigenvalue weighted by molar-refractivity contribution is -0.119. The maximum absolute atomic E-state index is 10.8. The zero-order valence-electron chi connectivity index (χ0n) is 8.20. The number of likely N-dealkylation sites (N-methyl/N-ethyl adjacent to an activating group) is 1. The van der Waals surface area contributed by atoms with Crippen LogP contribution in [0, 0.1) is 0 Å². The fraction of sp³-hybridized carbons (Fsp3) is 0.889. The van der Waals surface area contributed by atoms with Gasteiger partial charge in [0.2, 0.25) is 5.91 Å². The average molecular weight is 185 g/mol. The number of hydrogen-bond acceptors (Lipinski definition) is 3. The number of amides is 1. The van der Waals surface area contributed by atoms with E-state index in [0.717, 1.165) is 6.54 Å². The zero-order chi connectivity index (χ0) is 9.84. The normalized spacial score (nSPS) is 19.0. The summed E-state index contributed by atoms with van der Waals surface area (Å²) in [6.07, 6.45) is 2.87. The summed E-state index contributed by atoms with van der Waals surface area (Å²) in [7, 11) is 0. The van der Waals surface area contributed by atoms with E-state index in [4.69, 9.17) is 11.5 Å². The molecule has 0 aromatic rings. The first-order chi connectivity index (χ1) is 6.19. The smallest absolute Gasteiger partial charge is 0.219 e. The van der Waals surface area contributed by atoms with Crippen LogP contribution in [-0.2, 0) is 4.79 Å². The first-order valence-corrected chi connectivity index (χ1v) is 4.93. The van der Waals surface area contributed by atoms with Gasteiger partial charge in [-0.15, -0.1) is 0 Å². The van der Waals surface area contributed by atoms with Crippen LogP contribution in [-0.4, -0.2) is 36.0 Å². The number of carbonyl (C=O) groups is 1. The first kappa shape index (κ1) is 10.5. The van der Waals surface area contributed by atoms with E-state index in [1.54, 1.807) is 0 Å². The molecule has 4 heteroatoms. The molecule has 1 atom stereocenters. The molecule has 1 unspecified atom stereocenters. The third-order valence-corrected chi connectivity index (χ3v) is 2.56. The largest absolute Gasteiger partial charge is 0.370 e. The lowest BCUT2D eigenvalue weighted by Crippen LogP contribution is -2.44. The maximum Gasteiger partial charge on any atom is 0.219 e. The van der Waals surface area contributed by atoms with Crippen LogP contribution < -0.4 is 11.5 Å². The van der Waals surface area contributed by atoms with Gasteiger partial charge in [-0.1, -0.05) is 6.92 Å². The summed E-state index contributed by atoms with van der Waals surface area (Å²) in [5, 5.41) is 0. The number of hydrogen-bond donors (Lipinski definition) is 2. The minimum absolute atomic E-state index is 0.148. The molecule has 0 spiro atoms. The van der Waals surface area contributed by atoms with E-state index in [-0.39, 0.29) is 11.9 Å². The molecule has 0 aliphatic heterocycles. The van der Waals surface area contributed by atoms with Crippen molar-refractivity contribution in [3.8, 4) is 0 Å². The van der Waals surface area contributed by atoms with E-state index in [2.05, 4.69) is 11.8 Å². The molecule has 4 nitrogen and oxygen atoms in total. The highest BCUT2D eigenvalue weighted by atomic mass is 16.1.